The topological polar surface area (TPSA) is 28.2 Å². The van der Waals surface area contributed by atoms with Crippen LogP contribution in [0.2, 0.25) is 5.15 Å². The van der Waals surface area contributed by atoms with Crippen molar-refractivity contribution < 1.29 is 0 Å². The van der Waals surface area contributed by atoms with E-state index >= 15 is 0 Å². The van der Waals surface area contributed by atoms with Crippen LogP contribution in [0.3, 0.4) is 0 Å². The maximum absolute atomic E-state index is 5.79. The second-order valence-electron chi connectivity index (χ2n) is 4.31. The molecule has 3 heterocycles. The highest BCUT2D eigenvalue weighted by molar-refractivity contribution is 6.29. The number of halogens is 2. The van der Waals surface area contributed by atoms with E-state index in [0.29, 0.717) is 11.2 Å². The van der Waals surface area contributed by atoms with Crippen LogP contribution in [0.4, 0.5) is 5.69 Å². The molecule has 5 heteroatoms. The average molecular weight is 260 g/mol. The van der Waals surface area contributed by atoms with Gasteiger partial charge in [0.15, 0.2) is 0 Å². The molecule has 1 N–H and O–H groups in total. The number of hydrogen-bond acceptors (Lipinski definition) is 3. The lowest BCUT2D eigenvalue weighted by Crippen LogP contribution is -2.34. The summed E-state index contributed by atoms with van der Waals surface area (Å²) >= 11 is 5.79. The molecule has 1 aromatic rings. The smallest absolute Gasteiger partial charge is 0.129 e. The van der Waals surface area contributed by atoms with Crippen molar-refractivity contribution in [3.05, 3.63) is 23.5 Å². The van der Waals surface area contributed by atoms with E-state index < -0.39 is 0 Å². The Morgan fingerprint density at radius 3 is 3.00 bits per heavy atom. The lowest BCUT2D eigenvalue weighted by molar-refractivity contribution is 0.578. The first-order chi connectivity index (χ1) is 7.34. The standard InChI is InChI=1S/C11H14ClN3.ClH/c12-11-2-1-9(6-14-11)15-4-3-8-5-13-7-10(8)15;/h1-2,6,8,10,13H,3-5,7H2;1H/t8-,10+;/m1./s1. The van der Waals surface area contributed by atoms with E-state index in [2.05, 4.69) is 21.3 Å². The van der Waals surface area contributed by atoms with Crippen LogP contribution in [-0.4, -0.2) is 30.7 Å². The summed E-state index contributed by atoms with van der Waals surface area (Å²) in [5.41, 5.74) is 1.20. The highest BCUT2D eigenvalue weighted by Gasteiger charge is 2.37. The minimum atomic E-state index is 0. The number of aromatic nitrogens is 1. The Bertz CT molecular complexity index is 355. The van der Waals surface area contributed by atoms with Gasteiger partial charge >= 0.3 is 0 Å². The van der Waals surface area contributed by atoms with E-state index in [1.807, 2.05) is 12.3 Å². The average Bonchev–Trinajstić information content (AvgIpc) is 2.80. The Hall–Kier alpha value is -0.510. The predicted octanol–water partition coefficient (Wildman–Crippen LogP) is 1.95. The molecule has 2 aliphatic rings. The van der Waals surface area contributed by atoms with Crippen molar-refractivity contribution in [3.8, 4) is 0 Å². The van der Waals surface area contributed by atoms with Gasteiger partial charge in [0.1, 0.15) is 5.15 Å². The van der Waals surface area contributed by atoms with Crippen LogP contribution in [0.15, 0.2) is 18.3 Å². The number of rotatable bonds is 1. The van der Waals surface area contributed by atoms with Crippen molar-refractivity contribution >= 4 is 29.7 Å². The molecule has 2 aliphatic heterocycles. The molecule has 2 saturated heterocycles. The lowest BCUT2D eigenvalue weighted by Gasteiger charge is -2.25. The van der Waals surface area contributed by atoms with Gasteiger partial charge in [0.05, 0.1) is 11.9 Å². The maximum atomic E-state index is 5.79. The molecule has 0 saturated carbocycles. The zero-order valence-corrected chi connectivity index (χ0v) is 10.5. The van der Waals surface area contributed by atoms with Crippen molar-refractivity contribution in [2.45, 2.75) is 12.5 Å². The van der Waals surface area contributed by atoms with Crippen molar-refractivity contribution in [3.63, 3.8) is 0 Å². The number of hydrogen-bond donors (Lipinski definition) is 1. The molecule has 0 radical (unpaired) electrons. The van der Waals surface area contributed by atoms with Crippen LogP contribution in [0, 0.1) is 5.92 Å². The molecule has 3 nitrogen and oxygen atoms in total. The number of nitrogens with zero attached hydrogens (tertiary/aromatic N) is 2. The number of anilines is 1. The fourth-order valence-corrected chi connectivity index (χ4v) is 2.82. The third-order valence-corrected chi connectivity index (χ3v) is 3.71. The number of pyridine rings is 1. The van der Waals surface area contributed by atoms with Crippen molar-refractivity contribution in [1.29, 1.82) is 0 Å². The van der Waals surface area contributed by atoms with E-state index in [1.165, 1.54) is 18.7 Å². The summed E-state index contributed by atoms with van der Waals surface area (Å²) < 4.78 is 0. The summed E-state index contributed by atoms with van der Waals surface area (Å²) in [6.45, 7) is 3.43. The second kappa shape index (κ2) is 4.78. The monoisotopic (exact) mass is 259 g/mol. The molecule has 2 fully saturated rings. The van der Waals surface area contributed by atoms with Gasteiger partial charge < -0.3 is 10.2 Å². The molecule has 0 spiro atoms. The summed E-state index contributed by atoms with van der Waals surface area (Å²) in [6.07, 6.45) is 3.17. The lowest BCUT2D eigenvalue weighted by atomic mass is 10.1. The molecule has 16 heavy (non-hydrogen) atoms. The largest absolute Gasteiger partial charge is 0.366 e. The Labute approximate surface area is 107 Å². The first kappa shape index (κ1) is 12.0. The molecular formula is C11H15Cl2N3. The van der Waals surface area contributed by atoms with E-state index in [-0.39, 0.29) is 12.4 Å². The quantitative estimate of drug-likeness (QED) is 0.782. The molecular weight excluding hydrogens is 245 g/mol. The van der Waals surface area contributed by atoms with Gasteiger partial charge in [-0.05, 0) is 24.5 Å². The van der Waals surface area contributed by atoms with Gasteiger partial charge in [-0.3, -0.25) is 0 Å². The molecule has 0 unspecified atom stereocenters. The van der Waals surface area contributed by atoms with Crippen molar-refractivity contribution in [2.24, 2.45) is 5.92 Å². The van der Waals surface area contributed by atoms with E-state index in [0.717, 1.165) is 19.0 Å². The molecule has 0 bridgehead atoms. The van der Waals surface area contributed by atoms with Gasteiger partial charge in [0.25, 0.3) is 0 Å². The highest BCUT2D eigenvalue weighted by atomic mass is 35.5. The Morgan fingerprint density at radius 2 is 2.25 bits per heavy atom. The van der Waals surface area contributed by atoms with Crippen LogP contribution in [-0.2, 0) is 0 Å². The maximum Gasteiger partial charge on any atom is 0.129 e. The van der Waals surface area contributed by atoms with Crippen LogP contribution < -0.4 is 10.2 Å². The predicted molar refractivity (Wildman–Crippen MR) is 68.6 cm³/mol. The molecule has 0 aliphatic carbocycles. The SMILES string of the molecule is Cl.Clc1ccc(N2CC[C@@H]3CNC[C@@H]32)cn1. The third kappa shape index (κ3) is 1.99. The van der Waals surface area contributed by atoms with Crippen molar-refractivity contribution in [2.75, 3.05) is 24.5 Å². The first-order valence-corrected chi connectivity index (χ1v) is 5.81. The molecule has 1 aromatic heterocycles. The zero-order valence-electron chi connectivity index (χ0n) is 8.90. The first-order valence-electron chi connectivity index (χ1n) is 5.43. The summed E-state index contributed by atoms with van der Waals surface area (Å²) in [5.74, 6) is 0.820. The van der Waals surface area contributed by atoms with Gasteiger partial charge in [0, 0.05) is 25.7 Å². The molecule has 0 amide bonds. The minimum Gasteiger partial charge on any atom is -0.366 e. The Kier molecular flexibility index (Phi) is 3.57. The van der Waals surface area contributed by atoms with Crippen LogP contribution >= 0.6 is 24.0 Å². The summed E-state index contributed by atoms with van der Waals surface area (Å²) in [5, 5.41) is 4.02. The van der Waals surface area contributed by atoms with Gasteiger partial charge in [0.2, 0.25) is 0 Å². The second-order valence-corrected chi connectivity index (χ2v) is 4.69. The molecule has 88 valence electrons. The van der Waals surface area contributed by atoms with E-state index in [4.69, 9.17) is 11.6 Å². The molecule has 3 rings (SSSR count). The summed E-state index contributed by atoms with van der Waals surface area (Å²) in [6, 6.07) is 4.59. The Balaban J connectivity index is 0.000000963. The Morgan fingerprint density at radius 1 is 1.38 bits per heavy atom. The van der Waals surface area contributed by atoms with Crippen LogP contribution in [0.1, 0.15) is 6.42 Å². The van der Waals surface area contributed by atoms with E-state index in [1.54, 1.807) is 0 Å². The summed E-state index contributed by atoms with van der Waals surface area (Å²) in [7, 11) is 0. The van der Waals surface area contributed by atoms with Crippen molar-refractivity contribution in [1.82, 2.24) is 10.3 Å². The number of nitrogens with one attached hydrogen (secondary N) is 1. The fourth-order valence-electron chi connectivity index (χ4n) is 2.71. The van der Waals surface area contributed by atoms with Gasteiger partial charge in [-0.1, -0.05) is 11.6 Å². The van der Waals surface area contributed by atoms with Gasteiger partial charge in [-0.15, -0.1) is 12.4 Å². The third-order valence-electron chi connectivity index (χ3n) is 3.49. The summed E-state index contributed by atoms with van der Waals surface area (Å²) in [4.78, 5) is 6.59. The molecule has 0 aromatic carbocycles. The highest BCUT2D eigenvalue weighted by Crippen LogP contribution is 2.31. The van der Waals surface area contributed by atoms with E-state index in [9.17, 15) is 0 Å². The van der Waals surface area contributed by atoms with Gasteiger partial charge in [-0.2, -0.15) is 0 Å². The number of fused-ring (bicyclic) bond motifs is 1. The molecule has 2 atom stereocenters. The van der Waals surface area contributed by atoms with Crippen LogP contribution in [0.25, 0.3) is 0 Å². The normalized spacial score (nSPS) is 27.7. The minimum absolute atomic E-state index is 0. The fraction of sp³-hybridized carbons (Fsp3) is 0.545. The zero-order chi connectivity index (χ0) is 10.3. The van der Waals surface area contributed by atoms with Crippen LogP contribution in [0.5, 0.6) is 0 Å². The van der Waals surface area contributed by atoms with Gasteiger partial charge in [-0.25, -0.2) is 4.98 Å².